The van der Waals surface area contributed by atoms with Crippen molar-refractivity contribution in [3.8, 4) is 17.2 Å². The monoisotopic (exact) mass is 489 g/mol. The van der Waals surface area contributed by atoms with Gasteiger partial charge in [-0.05, 0) is 55.0 Å². The molecule has 0 atom stereocenters. The number of aryl methyl sites for hydroxylation is 1. The normalized spacial score (nSPS) is 13.2. The number of amides is 2. The average Bonchev–Trinajstić information content (AvgIpc) is 2.92. The van der Waals surface area contributed by atoms with Gasteiger partial charge in [-0.1, -0.05) is 18.2 Å². The summed E-state index contributed by atoms with van der Waals surface area (Å²) in [6.07, 6.45) is 0. The Bertz CT molecular complexity index is 1210. The van der Waals surface area contributed by atoms with Gasteiger partial charge in [0.05, 0.1) is 21.3 Å². The zero-order chi connectivity index (χ0) is 25.7. The fourth-order valence-electron chi connectivity index (χ4n) is 4.32. The van der Waals surface area contributed by atoms with Crippen molar-refractivity contribution >= 4 is 23.2 Å². The molecule has 1 saturated heterocycles. The number of hydrogen-bond acceptors (Lipinski definition) is 6. The maximum Gasteiger partial charge on any atom is 0.255 e. The fraction of sp³-hybridized carbons (Fsp3) is 0.286. The minimum Gasteiger partial charge on any atom is -0.493 e. The van der Waals surface area contributed by atoms with Gasteiger partial charge >= 0.3 is 0 Å². The Morgan fingerprint density at radius 1 is 0.806 bits per heavy atom. The number of hydrogen-bond donors (Lipinski definition) is 1. The largest absolute Gasteiger partial charge is 0.493 e. The van der Waals surface area contributed by atoms with E-state index in [0.29, 0.717) is 41.6 Å². The van der Waals surface area contributed by atoms with E-state index in [1.165, 1.54) is 21.3 Å². The van der Waals surface area contributed by atoms with E-state index in [2.05, 4.69) is 10.2 Å². The first-order valence-electron chi connectivity index (χ1n) is 11.8. The maximum atomic E-state index is 12.9. The minimum atomic E-state index is -0.287. The molecule has 0 radical (unpaired) electrons. The molecule has 1 N–H and O–H groups in total. The van der Waals surface area contributed by atoms with E-state index in [1.807, 2.05) is 60.4 Å². The van der Waals surface area contributed by atoms with Gasteiger partial charge in [0.2, 0.25) is 5.75 Å². The van der Waals surface area contributed by atoms with Crippen molar-refractivity contribution in [3.63, 3.8) is 0 Å². The highest BCUT2D eigenvalue weighted by Crippen LogP contribution is 2.38. The van der Waals surface area contributed by atoms with E-state index in [-0.39, 0.29) is 11.8 Å². The first-order valence-corrected chi connectivity index (χ1v) is 11.8. The van der Waals surface area contributed by atoms with Crippen LogP contribution in [0.5, 0.6) is 17.2 Å². The first kappa shape index (κ1) is 24.9. The zero-order valence-corrected chi connectivity index (χ0v) is 21.0. The second kappa shape index (κ2) is 11.0. The Balaban J connectivity index is 1.38. The standard InChI is InChI=1S/C28H31N3O5/c1-19-7-5-6-8-23(19)28(33)31-15-13-30(14-16-31)22-11-9-21(10-12-22)29-27(32)20-17-24(34-2)26(36-4)25(18-20)35-3/h5-12,17-18H,13-16H2,1-4H3,(H,29,32). The number of carbonyl (C=O) groups excluding carboxylic acids is 2. The van der Waals surface area contributed by atoms with Crippen LogP contribution in [0.15, 0.2) is 60.7 Å². The molecule has 1 heterocycles. The van der Waals surface area contributed by atoms with Gasteiger partial charge in [0.1, 0.15) is 0 Å². The molecule has 0 bridgehead atoms. The number of nitrogens with one attached hydrogen (secondary N) is 1. The van der Waals surface area contributed by atoms with Gasteiger partial charge in [-0.25, -0.2) is 0 Å². The van der Waals surface area contributed by atoms with Crippen LogP contribution >= 0.6 is 0 Å². The molecule has 1 aliphatic rings. The second-order valence-corrected chi connectivity index (χ2v) is 8.51. The van der Waals surface area contributed by atoms with Crippen molar-refractivity contribution in [1.29, 1.82) is 0 Å². The van der Waals surface area contributed by atoms with Gasteiger partial charge in [-0.2, -0.15) is 0 Å². The van der Waals surface area contributed by atoms with E-state index in [1.54, 1.807) is 12.1 Å². The molecule has 2 amide bonds. The summed E-state index contributed by atoms with van der Waals surface area (Å²) in [6, 6.07) is 18.6. The molecule has 3 aromatic carbocycles. The molecule has 1 fully saturated rings. The van der Waals surface area contributed by atoms with Crippen LogP contribution in [0.25, 0.3) is 0 Å². The number of benzene rings is 3. The molecular weight excluding hydrogens is 458 g/mol. The summed E-state index contributed by atoms with van der Waals surface area (Å²) >= 11 is 0. The summed E-state index contributed by atoms with van der Waals surface area (Å²) in [4.78, 5) is 29.9. The molecule has 8 heteroatoms. The van der Waals surface area contributed by atoms with Crippen LogP contribution in [0.3, 0.4) is 0 Å². The van der Waals surface area contributed by atoms with Crippen molar-refractivity contribution in [2.24, 2.45) is 0 Å². The summed E-state index contributed by atoms with van der Waals surface area (Å²) in [5.74, 6) is 1.05. The Morgan fingerprint density at radius 2 is 1.42 bits per heavy atom. The second-order valence-electron chi connectivity index (χ2n) is 8.51. The summed E-state index contributed by atoms with van der Waals surface area (Å²) in [7, 11) is 4.54. The van der Waals surface area contributed by atoms with E-state index in [0.717, 1.165) is 29.9 Å². The van der Waals surface area contributed by atoms with E-state index >= 15 is 0 Å². The van der Waals surface area contributed by atoms with Crippen molar-refractivity contribution in [2.75, 3.05) is 57.7 Å². The third kappa shape index (κ3) is 5.22. The molecule has 3 aromatic rings. The highest BCUT2D eigenvalue weighted by molar-refractivity contribution is 6.05. The van der Waals surface area contributed by atoms with Gasteiger partial charge in [0, 0.05) is 48.7 Å². The lowest BCUT2D eigenvalue weighted by atomic mass is 10.1. The fourth-order valence-corrected chi connectivity index (χ4v) is 4.32. The van der Waals surface area contributed by atoms with E-state index in [4.69, 9.17) is 14.2 Å². The van der Waals surface area contributed by atoms with Gasteiger partial charge < -0.3 is 29.3 Å². The van der Waals surface area contributed by atoms with Crippen LogP contribution in [0, 0.1) is 6.92 Å². The number of piperazine rings is 1. The van der Waals surface area contributed by atoms with Crippen molar-refractivity contribution in [2.45, 2.75) is 6.92 Å². The molecule has 0 saturated carbocycles. The van der Waals surface area contributed by atoms with Crippen molar-refractivity contribution in [3.05, 3.63) is 77.4 Å². The van der Waals surface area contributed by atoms with E-state index in [9.17, 15) is 9.59 Å². The highest BCUT2D eigenvalue weighted by Gasteiger charge is 2.23. The number of ether oxygens (including phenoxy) is 3. The average molecular weight is 490 g/mol. The lowest BCUT2D eigenvalue weighted by molar-refractivity contribution is 0.0746. The zero-order valence-electron chi connectivity index (χ0n) is 21.0. The number of nitrogens with zero attached hydrogens (tertiary/aromatic N) is 2. The predicted octanol–water partition coefficient (Wildman–Crippen LogP) is 4.24. The number of anilines is 2. The minimum absolute atomic E-state index is 0.0811. The number of rotatable bonds is 7. The van der Waals surface area contributed by atoms with Crippen molar-refractivity contribution < 1.29 is 23.8 Å². The van der Waals surface area contributed by atoms with Crippen LogP contribution in [-0.2, 0) is 0 Å². The molecule has 0 unspecified atom stereocenters. The Labute approximate surface area is 211 Å². The van der Waals surface area contributed by atoms with Crippen LogP contribution in [0.4, 0.5) is 11.4 Å². The smallest absolute Gasteiger partial charge is 0.255 e. The quantitative estimate of drug-likeness (QED) is 0.535. The maximum absolute atomic E-state index is 12.9. The molecule has 188 valence electrons. The molecule has 0 aromatic heterocycles. The first-order chi connectivity index (χ1) is 17.4. The molecule has 0 spiro atoms. The molecule has 36 heavy (non-hydrogen) atoms. The highest BCUT2D eigenvalue weighted by atomic mass is 16.5. The van der Waals surface area contributed by atoms with Crippen LogP contribution < -0.4 is 24.4 Å². The number of carbonyl (C=O) groups is 2. The Hall–Kier alpha value is -4.20. The van der Waals surface area contributed by atoms with Crippen LogP contribution in [0.1, 0.15) is 26.3 Å². The van der Waals surface area contributed by atoms with Gasteiger partial charge in [-0.3, -0.25) is 9.59 Å². The molecule has 8 nitrogen and oxygen atoms in total. The summed E-state index contributed by atoms with van der Waals surface area (Å²) < 4.78 is 16.0. The topological polar surface area (TPSA) is 80.3 Å². The predicted molar refractivity (Wildman–Crippen MR) is 140 cm³/mol. The van der Waals surface area contributed by atoms with Gasteiger partial charge in [0.15, 0.2) is 11.5 Å². The Kier molecular flexibility index (Phi) is 7.63. The summed E-state index contributed by atoms with van der Waals surface area (Å²) in [6.45, 7) is 4.77. The molecule has 0 aliphatic carbocycles. The third-order valence-electron chi connectivity index (χ3n) is 6.36. The number of methoxy groups -OCH3 is 3. The van der Waals surface area contributed by atoms with Gasteiger partial charge in [0.25, 0.3) is 11.8 Å². The van der Waals surface area contributed by atoms with Crippen LogP contribution in [0.2, 0.25) is 0 Å². The summed E-state index contributed by atoms with van der Waals surface area (Å²) in [5, 5.41) is 2.91. The SMILES string of the molecule is COc1cc(C(=O)Nc2ccc(N3CCN(C(=O)c4ccccc4C)CC3)cc2)cc(OC)c1OC. The molecular formula is C28H31N3O5. The molecule has 1 aliphatic heterocycles. The lowest BCUT2D eigenvalue weighted by Crippen LogP contribution is -2.48. The lowest BCUT2D eigenvalue weighted by Gasteiger charge is -2.36. The Morgan fingerprint density at radius 3 is 1.97 bits per heavy atom. The van der Waals surface area contributed by atoms with Crippen molar-refractivity contribution in [1.82, 2.24) is 4.90 Å². The van der Waals surface area contributed by atoms with Crippen LogP contribution in [-0.4, -0.2) is 64.2 Å². The third-order valence-corrected chi connectivity index (χ3v) is 6.36. The molecule has 4 rings (SSSR count). The van der Waals surface area contributed by atoms with Gasteiger partial charge in [-0.15, -0.1) is 0 Å². The van der Waals surface area contributed by atoms with E-state index < -0.39 is 0 Å². The summed E-state index contributed by atoms with van der Waals surface area (Å²) in [5.41, 5.74) is 3.87.